The van der Waals surface area contributed by atoms with Gasteiger partial charge in [-0.15, -0.1) is 0 Å². The van der Waals surface area contributed by atoms with Crippen LogP contribution in [0.1, 0.15) is 38.5 Å². The van der Waals surface area contributed by atoms with E-state index < -0.39 is 0 Å². The zero-order valence-corrected chi connectivity index (χ0v) is 16.2. The lowest BCUT2D eigenvalue weighted by atomic mass is 10.1. The Balaban J connectivity index is 1.47. The van der Waals surface area contributed by atoms with Gasteiger partial charge in [0.2, 0.25) is 0 Å². The highest BCUT2D eigenvalue weighted by Crippen LogP contribution is 2.23. The molecule has 1 N–H and O–H groups in total. The second-order valence-corrected chi connectivity index (χ2v) is 7.23. The summed E-state index contributed by atoms with van der Waals surface area (Å²) in [5.41, 5.74) is 7.64. The predicted molar refractivity (Wildman–Crippen MR) is 112 cm³/mol. The monoisotopic (exact) mass is 370 g/mol. The molecule has 0 fully saturated rings. The minimum atomic E-state index is -0.113. The van der Waals surface area contributed by atoms with E-state index in [9.17, 15) is 4.79 Å². The minimum Gasteiger partial charge on any atom is -0.440 e. The fourth-order valence-electron chi connectivity index (χ4n) is 3.29. The smallest absolute Gasteiger partial charge is 0.255 e. The number of carbonyl (C=O) groups excluding carboxylic acids is 1. The van der Waals surface area contributed by atoms with E-state index >= 15 is 0 Å². The third-order valence-electron chi connectivity index (χ3n) is 4.75. The largest absolute Gasteiger partial charge is 0.440 e. The first kappa shape index (κ1) is 18.0. The van der Waals surface area contributed by atoms with Gasteiger partial charge in [-0.3, -0.25) is 4.79 Å². The van der Waals surface area contributed by atoms with Crippen LogP contribution in [0.15, 0.2) is 65.1 Å². The summed E-state index contributed by atoms with van der Waals surface area (Å²) in [5, 5.41) is 2.93. The molecule has 0 bridgehead atoms. The average molecular weight is 370 g/mol. The van der Waals surface area contributed by atoms with Crippen LogP contribution in [0.5, 0.6) is 0 Å². The molecule has 4 aromatic rings. The van der Waals surface area contributed by atoms with Crippen LogP contribution in [0.2, 0.25) is 0 Å². The van der Waals surface area contributed by atoms with Crippen LogP contribution in [0.3, 0.4) is 0 Å². The van der Waals surface area contributed by atoms with E-state index in [1.165, 1.54) is 5.56 Å². The maximum atomic E-state index is 12.3. The highest BCUT2D eigenvalue weighted by molar-refractivity contribution is 6.04. The third kappa shape index (κ3) is 3.81. The van der Waals surface area contributed by atoms with Gasteiger partial charge in [-0.1, -0.05) is 35.9 Å². The molecule has 140 valence electrons. The Hall–Kier alpha value is -3.40. The highest BCUT2D eigenvalue weighted by atomic mass is 16.3. The number of oxazole rings is 1. The normalized spacial score (nSPS) is 11.0. The third-order valence-corrected chi connectivity index (χ3v) is 4.75. The molecule has 1 heterocycles. The lowest BCUT2D eigenvalue weighted by Crippen LogP contribution is -2.11. The number of nitrogens with zero attached hydrogens (tertiary/aromatic N) is 1. The van der Waals surface area contributed by atoms with Gasteiger partial charge in [0.05, 0.1) is 0 Å². The van der Waals surface area contributed by atoms with Crippen molar-refractivity contribution in [1.82, 2.24) is 4.98 Å². The van der Waals surface area contributed by atoms with Crippen LogP contribution < -0.4 is 5.32 Å². The molecule has 0 aliphatic heterocycles. The van der Waals surface area contributed by atoms with Gasteiger partial charge in [-0.2, -0.15) is 0 Å². The van der Waals surface area contributed by atoms with Gasteiger partial charge < -0.3 is 9.73 Å². The Morgan fingerprint density at radius 2 is 1.64 bits per heavy atom. The van der Waals surface area contributed by atoms with Crippen LogP contribution in [-0.2, 0) is 6.42 Å². The first-order valence-corrected chi connectivity index (χ1v) is 9.31. The number of aromatic nitrogens is 1. The molecule has 0 aliphatic carbocycles. The summed E-state index contributed by atoms with van der Waals surface area (Å²) in [6.45, 7) is 6.10. The lowest BCUT2D eigenvalue weighted by molar-refractivity contribution is 0.102. The van der Waals surface area contributed by atoms with Gasteiger partial charge in [-0.05, 0) is 67.8 Å². The van der Waals surface area contributed by atoms with Gasteiger partial charge in [-0.25, -0.2) is 4.98 Å². The molecule has 0 spiro atoms. The summed E-state index contributed by atoms with van der Waals surface area (Å²) in [6, 6.07) is 19.4. The Bertz CT molecular complexity index is 1140. The summed E-state index contributed by atoms with van der Waals surface area (Å²) >= 11 is 0. The molecule has 0 saturated carbocycles. The number of nitrogens with one attached hydrogen (secondary N) is 1. The summed E-state index contributed by atoms with van der Waals surface area (Å²) in [7, 11) is 0. The molecule has 0 unspecified atom stereocenters. The number of benzene rings is 3. The van der Waals surface area contributed by atoms with E-state index in [-0.39, 0.29) is 5.91 Å². The zero-order chi connectivity index (χ0) is 19.7. The van der Waals surface area contributed by atoms with Crippen LogP contribution in [0.4, 0.5) is 5.69 Å². The quantitative estimate of drug-likeness (QED) is 0.509. The van der Waals surface area contributed by atoms with Crippen LogP contribution in [0.25, 0.3) is 11.1 Å². The number of anilines is 1. The van der Waals surface area contributed by atoms with Gasteiger partial charge in [0.25, 0.3) is 5.91 Å². The van der Waals surface area contributed by atoms with Gasteiger partial charge in [0, 0.05) is 17.7 Å². The van der Waals surface area contributed by atoms with E-state index in [4.69, 9.17) is 4.42 Å². The van der Waals surface area contributed by atoms with Crippen molar-refractivity contribution < 1.29 is 9.21 Å². The number of aryl methyl sites for hydroxylation is 3. The molecule has 28 heavy (non-hydrogen) atoms. The first-order valence-electron chi connectivity index (χ1n) is 9.31. The van der Waals surface area contributed by atoms with E-state index in [2.05, 4.69) is 23.3 Å². The molecule has 4 nitrogen and oxygen atoms in total. The fraction of sp³-hybridized carbons (Fsp3) is 0.167. The Labute approximate surface area is 164 Å². The first-order chi connectivity index (χ1) is 13.5. The van der Waals surface area contributed by atoms with Gasteiger partial charge in [0.1, 0.15) is 5.52 Å². The molecule has 4 rings (SSSR count). The molecule has 0 atom stereocenters. The molecule has 3 aromatic carbocycles. The van der Waals surface area contributed by atoms with E-state index in [0.717, 1.165) is 33.5 Å². The predicted octanol–water partition coefficient (Wildman–Crippen LogP) is 5.60. The van der Waals surface area contributed by atoms with Crippen molar-refractivity contribution in [1.29, 1.82) is 0 Å². The lowest BCUT2D eigenvalue weighted by Gasteiger charge is -2.06. The summed E-state index contributed by atoms with van der Waals surface area (Å²) in [4.78, 5) is 16.9. The van der Waals surface area contributed by atoms with E-state index in [1.807, 2.05) is 68.4 Å². The molecule has 1 amide bonds. The minimum absolute atomic E-state index is 0.113. The number of rotatable bonds is 4. The molecule has 0 radical (unpaired) electrons. The van der Waals surface area contributed by atoms with Crippen LogP contribution >= 0.6 is 0 Å². The fourth-order valence-corrected chi connectivity index (χ4v) is 3.29. The van der Waals surface area contributed by atoms with Crippen molar-refractivity contribution in [2.24, 2.45) is 0 Å². The van der Waals surface area contributed by atoms with E-state index in [0.29, 0.717) is 17.9 Å². The average Bonchev–Trinajstić information content (AvgIpc) is 3.06. The Morgan fingerprint density at radius 1 is 0.929 bits per heavy atom. The SMILES string of the molecule is Cc1ccc(C(=O)Nc2ccc(Cc3nc4cc(C)cc(C)c4o3)cc2)cc1. The molecule has 0 aliphatic rings. The number of hydrogen-bond acceptors (Lipinski definition) is 3. The van der Waals surface area contributed by atoms with Gasteiger partial charge >= 0.3 is 0 Å². The van der Waals surface area contributed by atoms with Crippen molar-refractivity contribution in [2.45, 2.75) is 27.2 Å². The van der Waals surface area contributed by atoms with Crippen molar-refractivity contribution >= 4 is 22.7 Å². The summed E-state index contributed by atoms with van der Waals surface area (Å²) < 4.78 is 5.94. The van der Waals surface area contributed by atoms with Crippen molar-refractivity contribution in [3.8, 4) is 0 Å². The Kier molecular flexibility index (Phi) is 4.70. The van der Waals surface area contributed by atoms with Crippen LogP contribution in [-0.4, -0.2) is 10.9 Å². The maximum Gasteiger partial charge on any atom is 0.255 e. The highest BCUT2D eigenvalue weighted by Gasteiger charge is 2.10. The number of hydrogen-bond donors (Lipinski definition) is 1. The maximum absolute atomic E-state index is 12.3. The van der Waals surface area contributed by atoms with Crippen molar-refractivity contribution in [3.05, 3.63) is 94.4 Å². The van der Waals surface area contributed by atoms with Gasteiger partial charge in [0.15, 0.2) is 11.5 Å². The molecule has 1 aromatic heterocycles. The standard InChI is InChI=1S/C24H22N2O2/c1-15-4-8-19(9-5-15)24(27)25-20-10-6-18(7-11-20)14-22-26-21-13-16(2)12-17(3)23(21)28-22/h4-13H,14H2,1-3H3,(H,25,27). The van der Waals surface area contributed by atoms with Crippen LogP contribution in [0, 0.1) is 20.8 Å². The number of fused-ring (bicyclic) bond motifs is 1. The second-order valence-electron chi connectivity index (χ2n) is 7.23. The molecular weight excluding hydrogens is 348 g/mol. The molecule has 4 heteroatoms. The number of amides is 1. The summed E-state index contributed by atoms with van der Waals surface area (Å²) in [5.74, 6) is 0.581. The molecular formula is C24H22N2O2. The zero-order valence-electron chi connectivity index (χ0n) is 16.2. The van der Waals surface area contributed by atoms with E-state index in [1.54, 1.807) is 0 Å². The Morgan fingerprint density at radius 3 is 2.36 bits per heavy atom. The van der Waals surface area contributed by atoms with Crippen molar-refractivity contribution in [2.75, 3.05) is 5.32 Å². The second kappa shape index (κ2) is 7.31. The topological polar surface area (TPSA) is 55.1 Å². The summed E-state index contributed by atoms with van der Waals surface area (Å²) in [6.07, 6.45) is 0.610. The van der Waals surface area contributed by atoms with Crippen molar-refractivity contribution in [3.63, 3.8) is 0 Å². The molecule has 0 saturated heterocycles. The number of carbonyl (C=O) groups is 1.